The largest absolute Gasteiger partial charge is 0.493 e. The van der Waals surface area contributed by atoms with Gasteiger partial charge in [0.1, 0.15) is 5.00 Å². The third kappa shape index (κ3) is 5.15. The molecule has 2 aromatic carbocycles. The fourth-order valence-electron chi connectivity index (χ4n) is 4.67. The minimum absolute atomic E-state index is 0.267. The lowest BCUT2D eigenvalue weighted by Gasteiger charge is -2.12. The number of carbonyl (C=O) groups is 3. The predicted molar refractivity (Wildman–Crippen MR) is 147 cm³/mol. The number of rotatable bonds is 8. The zero-order valence-corrected chi connectivity index (χ0v) is 22.5. The molecule has 0 saturated carbocycles. The number of thiophene rings is 1. The zero-order valence-electron chi connectivity index (χ0n) is 21.7. The van der Waals surface area contributed by atoms with Gasteiger partial charge in [-0.05, 0) is 55.2 Å². The van der Waals surface area contributed by atoms with Gasteiger partial charge in [-0.25, -0.2) is 14.6 Å². The molecule has 1 N–H and O–H groups in total. The van der Waals surface area contributed by atoms with Crippen LogP contribution in [0.15, 0.2) is 48.5 Å². The normalized spacial score (nSPS) is 12.1. The molecule has 0 atom stereocenters. The Morgan fingerprint density at radius 3 is 2.51 bits per heavy atom. The number of nitrogens with zero attached hydrogens (tertiary/aromatic N) is 1. The third-order valence-electron chi connectivity index (χ3n) is 6.51. The van der Waals surface area contributed by atoms with Gasteiger partial charge < -0.3 is 24.3 Å². The molecule has 200 valence electrons. The van der Waals surface area contributed by atoms with Gasteiger partial charge in [0.2, 0.25) is 0 Å². The lowest BCUT2D eigenvalue weighted by atomic mass is 10.0. The zero-order chi connectivity index (χ0) is 27.5. The quantitative estimate of drug-likeness (QED) is 0.306. The van der Waals surface area contributed by atoms with E-state index in [0.717, 1.165) is 29.7 Å². The van der Waals surface area contributed by atoms with Crippen LogP contribution >= 0.6 is 11.3 Å². The number of para-hydroxylation sites is 1. The molecule has 0 saturated heterocycles. The maximum Gasteiger partial charge on any atom is 0.341 e. The average Bonchev–Trinajstić information content (AvgIpc) is 3.55. The maximum absolute atomic E-state index is 13.2. The summed E-state index contributed by atoms with van der Waals surface area (Å²) in [6, 6.07) is 14.2. The summed E-state index contributed by atoms with van der Waals surface area (Å²) in [6.45, 7) is -0.523. The molecule has 5 rings (SSSR count). The average molecular weight is 547 g/mol. The van der Waals surface area contributed by atoms with Crippen LogP contribution < -0.4 is 14.8 Å². The van der Waals surface area contributed by atoms with Gasteiger partial charge in [-0.3, -0.25) is 4.79 Å². The smallest absolute Gasteiger partial charge is 0.341 e. The van der Waals surface area contributed by atoms with Crippen LogP contribution in [0.5, 0.6) is 11.5 Å². The molecule has 2 heterocycles. The highest BCUT2D eigenvalue weighted by molar-refractivity contribution is 7.17. The lowest BCUT2D eigenvalue weighted by molar-refractivity contribution is -0.119. The number of methoxy groups -OCH3 is 3. The van der Waals surface area contributed by atoms with Gasteiger partial charge in [-0.15, -0.1) is 11.3 Å². The molecule has 0 unspecified atom stereocenters. The number of ether oxygens (including phenoxy) is 4. The Kier molecular flexibility index (Phi) is 7.47. The van der Waals surface area contributed by atoms with Crippen LogP contribution in [-0.4, -0.2) is 50.8 Å². The first-order chi connectivity index (χ1) is 18.9. The van der Waals surface area contributed by atoms with Crippen molar-refractivity contribution in [1.82, 2.24) is 4.98 Å². The Bertz CT molecular complexity index is 1590. The number of benzene rings is 2. The third-order valence-corrected chi connectivity index (χ3v) is 7.72. The molecule has 39 heavy (non-hydrogen) atoms. The summed E-state index contributed by atoms with van der Waals surface area (Å²) < 4.78 is 21.1. The minimum atomic E-state index is -0.674. The van der Waals surface area contributed by atoms with Crippen LogP contribution in [0.3, 0.4) is 0 Å². The van der Waals surface area contributed by atoms with Crippen LogP contribution in [0.1, 0.15) is 37.6 Å². The van der Waals surface area contributed by atoms with E-state index in [0.29, 0.717) is 44.2 Å². The van der Waals surface area contributed by atoms with E-state index in [1.165, 1.54) is 18.4 Å². The second-order valence-electron chi connectivity index (χ2n) is 8.82. The van der Waals surface area contributed by atoms with Crippen molar-refractivity contribution < 1.29 is 33.3 Å². The van der Waals surface area contributed by atoms with Crippen molar-refractivity contribution in [1.29, 1.82) is 0 Å². The Balaban J connectivity index is 1.38. The molecule has 0 fully saturated rings. The predicted octanol–water partition coefficient (Wildman–Crippen LogP) is 5.05. The van der Waals surface area contributed by atoms with E-state index in [4.69, 9.17) is 23.9 Å². The van der Waals surface area contributed by atoms with E-state index in [1.807, 2.05) is 12.1 Å². The van der Waals surface area contributed by atoms with Crippen LogP contribution in [-0.2, 0) is 27.1 Å². The van der Waals surface area contributed by atoms with Crippen molar-refractivity contribution in [3.8, 4) is 22.8 Å². The van der Waals surface area contributed by atoms with Crippen molar-refractivity contribution in [3.05, 3.63) is 70.1 Å². The van der Waals surface area contributed by atoms with Crippen molar-refractivity contribution in [3.63, 3.8) is 0 Å². The fourth-order valence-corrected chi connectivity index (χ4v) is 5.96. The second-order valence-corrected chi connectivity index (χ2v) is 9.92. The molecule has 9 nitrogen and oxygen atoms in total. The molecular formula is C29H26N2O7S. The highest BCUT2D eigenvalue weighted by atomic mass is 32.1. The molecule has 0 radical (unpaired) electrons. The van der Waals surface area contributed by atoms with E-state index < -0.39 is 24.5 Å². The number of anilines is 1. The molecule has 4 aromatic rings. The Morgan fingerprint density at radius 2 is 1.74 bits per heavy atom. The minimum Gasteiger partial charge on any atom is -0.493 e. The molecule has 1 aliphatic carbocycles. The number of amides is 1. The number of fused-ring (bicyclic) bond motifs is 2. The summed E-state index contributed by atoms with van der Waals surface area (Å²) in [5.41, 5.74) is 3.41. The Labute approximate surface area is 228 Å². The number of hydrogen-bond donors (Lipinski definition) is 1. The monoisotopic (exact) mass is 546 g/mol. The van der Waals surface area contributed by atoms with E-state index in [2.05, 4.69) is 5.32 Å². The van der Waals surface area contributed by atoms with Gasteiger partial charge in [0.05, 0.1) is 43.7 Å². The van der Waals surface area contributed by atoms with Crippen molar-refractivity contribution in [2.45, 2.75) is 19.3 Å². The van der Waals surface area contributed by atoms with Crippen LogP contribution in [0.25, 0.3) is 22.2 Å². The summed E-state index contributed by atoms with van der Waals surface area (Å²) in [5.74, 6) is -0.623. The van der Waals surface area contributed by atoms with Crippen molar-refractivity contribution in [2.24, 2.45) is 0 Å². The summed E-state index contributed by atoms with van der Waals surface area (Å²) in [7, 11) is 4.41. The van der Waals surface area contributed by atoms with Gasteiger partial charge in [0, 0.05) is 15.8 Å². The molecular weight excluding hydrogens is 520 g/mol. The maximum atomic E-state index is 13.2. The number of aromatic nitrogens is 1. The summed E-state index contributed by atoms with van der Waals surface area (Å²) in [4.78, 5) is 44.1. The Morgan fingerprint density at radius 1 is 0.949 bits per heavy atom. The van der Waals surface area contributed by atoms with Gasteiger partial charge in [-0.2, -0.15) is 0 Å². The first-order valence-corrected chi connectivity index (χ1v) is 13.1. The van der Waals surface area contributed by atoms with Gasteiger partial charge >= 0.3 is 11.9 Å². The molecule has 0 bridgehead atoms. The first kappa shape index (κ1) is 26.2. The van der Waals surface area contributed by atoms with Gasteiger partial charge in [-0.1, -0.05) is 18.2 Å². The number of nitrogens with one attached hydrogen (secondary N) is 1. The molecule has 0 spiro atoms. The summed E-state index contributed by atoms with van der Waals surface area (Å²) >= 11 is 1.36. The first-order valence-electron chi connectivity index (χ1n) is 12.3. The van der Waals surface area contributed by atoms with E-state index in [1.54, 1.807) is 50.6 Å². The van der Waals surface area contributed by atoms with Gasteiger partial charge in [0.25, 0.3) is 5.91 Å². The number of carbonyl (C=O) groups excluding carboxylic acids is 3. The fraction of sp³-hybridized carbons (Fsp3) is 0.241. The van der Waals surface area contributed by atoms with E-state index in [9.17, 15) is 14.4 Å². The number of pyridine rings is 1. The Hall–Kier alpha value is -4.44. The van der Waals surface area contributed by atoms with Gasteiger partial charge in [0.15, 0.2) is 18.1 Å². The van der Waals surface area contributed by atoms with Crippen molar-refractivity contribution in [2.75, 3.05) is 33.3 Å². The topological polar surface area (TPSA) is 113 Å². The van der Waals surface area contributed by atoms with Crippen molar-refractivity contribution >= 4 is 45.1 Å². The second kappa shape index (κ2) is 11.1. The molecule has 2 aromatic heterocycles. The van der Waals surface area contributed by atoms with Crippen LogP contribution in [0.4, 0.5) is 5.00 Å². The number of esters is 2. The van der Waals surface area contributed by atoms with Crippen LogP contribution in [0, 0.1) is 0 Å². The standard InChI is InChI=1S/C29H26N2O7S/c1-35-22-12-11-16(13-23(22)36-2)21-14-19(17-7-4-5-9-20(17)30-21)28(33)38-15-25(32)31-27-26(29(34)37-3)18-8-6-10-24(18)39-27/h4-5,7,9,11-14H,6,8,10,15H2,1-3H3,(H,31,32). The molecule has 1 amide bonds. The highest BCUT2D eigenvalue weighted by Gasteiger charge is 2.28. The van der Waals surface area contributed by atoms with Crippen LogP contribution in [0.2, 0.25) is 0 Å². The SMILES string of the molecule is COC(=O)c1c(NC(=O)COC(=O)c2cc(-c3ccc(OC)c(OC)c3)nc3ccccc23)sc2c1CCC2. The number of aryl methyl sites for hydroxylation is 1. The number of hydrogen-bond acceptors (Lipinski definition) is 9. The lowest BCUT2D eigenvalue weighted by Crippen LogP contribution is -2.22. The molecule has 0 aliphatic heterocycles. The van der Waals surface area contributed by atoms with E-state index >= 15 is 0 Å². The highest BCUT2D eigenvalue weighted by Crippen LogP contribution is 2.39. The summed E-state index contributed by atoms with van der Waals surface area (Å²) in [6.07, 6.45) is 2.58. The summed E-state index contributed by atoms with van der Waals surface area (Å²) in [5, 5.41) is 3.73. The molecule has 10 heteroatoms. The van der Waals surface area contributed by atoms with E-state index in [-0.39, 0.29) is 5.56 Å². The molecule has 1 aliphatic rings.